The molecule has 5 rings (SSSR count). The molecule has 190 valence electrons. The van der Waals surface area contributed by atoms with E-state index in [-0.39, 0.29) is 16.6 Å². The average molecular weight is 558 g/mol. The van der Waals surface area contributed by atoms with Crippen molar-refractivity contribution in [2.24, 2.45) is 11.8 Å². The highest BCUT2D eigenvalue weighted by Gasteiger charge is 2.77. The number of nitrogens with one attached hydrogen (secondary N) is 2. The van der Waals surface area contributed by atoms with Gasteiger partial charge in [0.2, 0.25) is 17.7 Å². The van der Waals surface area contributed by atoms with Gasteiger partial charge in [0.25, 0.3) is 0 Å². The van der Waals surface area contributed by atoms with Crippen LogP contribution < -0.4 is 15.4 Å². The second-order valence-electron chi connectivity index (χ2n) is 9.35. The maximum Gasteiger partial charge on any atom is 0.250 e. The van der Waals surface area contributed by atoms with Crippen LogP contribution in [0.1, 0.15) is 18.0 Å². The number of amides is 3. The lowest BCUT2D eigenvalue weighted by Crippen LogP contribution is -2.55. The molecule has 3 unspecified atom stereocenters. The highest BCUT2D eigenvalue weighted by molar-refractivity contribution is 9.09. The Morgan fingerprint density at radius 3 is 2.50 bits per heavy atom. The van der Waals surface area contributed by atoms with E-state index >= 15 is 0 Å². The second kappa shape index (κ2) is 9.49. The predicted octanol–water partition coefficient (Wildman–Crippen LogP) is 1.86. The number of hydrogen-bond acceptors (Lipinski definition) is 6. The van der Waals surface area contributed by atoms with Crippen LogP contribution in [0.15, 0.2) is 54.6 Å². The molecule has 2 aromatic carbocycles. The lowest BCUT2D eigenvalue weighted by atomic mass is 9.70. The number of carbonyl (C=O) groups is 3. The van der Waals surface area contributed by atoms with E-state index in [9.17, 15) is 19.5 Å². The number of ether oxygens (including phenoxy) is 2. The molecular formula is C26H28BrN3O6. The highest BCUT2D eigenvalue weighted by atomic mass is 79.9. The van der Waals surface area contributed by atoms with E-state index in [4.69, 9.17) is 9.47 Å². The van der Waals surface area contributed by atoms with Crippen molar-refractivity contribution in [3.8, 4) is 5.75 Å². The lowest BCUT2D eigenvalue weighted by Gasteiger charge is -2.37. The number of aliphatic hydroxyl groups excluding tert-OH is 1. The molecule has 2 aromatic rings. The van der Waals surface area contributed by atoms with E-state index in [2.05, 4.69) is 26.6 Å². The Morgan fingerprint density at radius 2 is 1.89 bits per heavy atom. The zero-order chi connectivity index (χ0) is 25.6. The Labute approximate surface area is 217 Å². The summed E-state index contributed by atoms with van der Waals surface area (Å²) in [4.78, 5) is 42.2. The van der Waals surface area contributed by atoms with Crippen LogP contribution in [0.3, 0.4) is 0 Å². The van der Waals surface area contributed by atoms with Crippen molar-refractivity contribution in [1.29, 1.82) is 0 Å². The molecular weight excluding hydrogens is 530 g/mol. The summed E-state index contributed by atoms with van der Waals surface area (Å²) in [6.45, 7) is -0.392. The molecule has 3 saturated heterocycles. The molecule has 3 aliphatic heterocycles. The van der Waals surface area contributed by atoms with Crippen molar-refractivity contribution in [2.45, 2.75) is 35.0 Å². The maximum absolute atomic E-state index is 14.1. The third-order valence-corrected chi connectivity index (χ3v) is 8.42. The number of carbonyl (C=O) groups excluding carboxylic acids is 3. The maximum atomic E-state index is 14.1. The Balaban J connectivity index is 1.59. The van der Waals surface area contributed by atoms with Crippen molar-refractivity contribution in [3.63, 3.8) is 0 Å². The van der Waals surface area contributed by atoms with E-state index in [0.717, 1.165) is 0 Å². The van der Waals surface area contributed by atoms with Gasteiger partial charge in [0.05, 0.1) is 37.7 Å². The monoisotopic (exact) mass is 557 g/mol. The smallest absolute Gasteiger partial charge is 0.250 e. The first kappa shape index (κ1) is 24.7. The molecule has 0 radical (unpaired) electrons. The first-order valence-corrected chi connectivity index (χ1v) is 12.7. The van der Waals surface area contributed by atoms with Gasteiger partial charge in [-0.05, 0) is 36.2 Å². The van der Waals surface area contributed by atoms with Crippen LogP contribution in [0, 0.1) is 11.8 Å². The Hall–Kier alpha value is -2.95. The van der Waals surface area contributed by atoms with Crippen molar-refractivity contribution in [2.75, 3.05) is 26.1 Å². The number of nitrogens with zero attached hydrogens (tertiary/aromatic N) is 1. The molecule has 3 heterocycles. The Morgan fingerprint density at radius 1 is 1.19 bits per heavy atom. The van der Waals surface area contributed by atoms with Crippen molar-refractivity contribution in [1.82, 2.24) is 10.2 Å². The van der Waals surface area contributed by atoms with E-state index in [1.54, 1.807) is 43.5 Å². The van der Waals surface area contributed by atoms with Crippen LogP contribution in [0.2, 0.25) is 0 Å². The van der Waals surface area contributed by atoms with Gasteiger partial charge in [-0.2, -0.15) is 0 Å². The van der Waals surface area contributed by atoms with E-state index < -0.39 is 48.1 Å². The average Bonchev–Trinajstić information content (AvgIpc) is 3.49. The number of rotatable bonds is 7. The zero-order valence-electron chi connectivity index (χ0n) is 19.9. The van der Waals surface area contributed by atoms with Gasteiger partial charge >= 0.3 is 0 Å². The molecule has 3 aliphatic rings. The normalized spacial score (nSPS) is 31.2. The minimum absolute atomic E-state index is 0.204. The molecule has 3 fully saturated rings. The highest BCUT2D eigenvalue weighted by Crippen LogP contribution is 2.61. The summed E-state index contributed by atoms with van der Waals surface area (Å²) in [5, 5.41) is 16.0. The summed E-state index contributed by atoms with van der Waals surface area (Å²) >= 11 is 3.63. The molecule has 10 heteroatoms. The molecule has 0 saturated carbocycles. The molecule has 9 nitrogen and oxygen atoms in total. The minimum atomic E-state index is -1.22. The first-order valence-electron chi connectivity index (χ1n) is 11.8. The number of hydrogen-bond donors (Lipinski definition) is 3. The molecule has 36 heavy (non-hydrogen) atoms. The van der Waals surface area contributed by atoms with Gasteiger partial charge in [-0.25, -0.2) is 0 Å². The third-order valence-electron chi connectivity index (χ3n) is 7.58. The summed E-state index contributed by atoms with van der Waals surface area (Å²) < 4.78 is 11.6. The largest absolute Gasteiger partial charge is 0.497 e. The van der Waals surface area contributed by atoms with E-state index in [1.807, 2.05) is 18.2 Å². The number of likely N-dealkylation sites (tertiary alicyclic amines) is 1. The molecule has 1 spiro atoms. The lowest BCUT2D eigenvalue weighted by molar-refractivity contribution is -0.144. The zero-order valence-corrected chi connectivity index (χ0v) is 21.5. The number of methoxy groups -OCH3 is 1. The number of alkyl halides is 1. The fourth-order valence-electron chi connectivity index (χ4n) is 6.08. The summed E-state index contributed by atoms with van der Waals surface area (Å²) in [6, 6.07) is 14.1. The summed E-state index contributed by atoms with van der Waals surface area (Å²) in [6.07, 6.45) is -0.159. The summed E-state index contributed by atoms with van der Waals surface area (Å²) in [5.41, 5.74) is -0.00114. The Kier molecular flexibility index (Phi) is 6.52. The van der Waals surface area contributed by atoms with Crippen molar-refractivity contribution in [3.05, 3.63) is 60.2 Å². The molecule has 3 N–H and O–H groups in total. The predicted molar refractivity (Wildman–Crippen MR) is 135 cm³/mol. The van der Waals surface area contributed by atoms with Gasteiger partial charge in [0.1, 0.15) is 17.4 Å². The molecule has 0 aromatic heterocycles. The van der Waals surface area contributed by atoms with Crippen LogP contribution in [0.4, 0.5) is 5.69 Å². The number of fused-ring (bicyclic) bond motifs is 1. The topological polar surface area (TPSA) is 117 Å². The van der Waals surface area contributed by atoms with Gasteiger partial charge in [0.15, 0.2) is 0 Å². The van der Waals surface area contributed by atoms with Crippen LogP contribution >= 0.6 is 15.9 Å². The second-order valence-corrected chi connectivity index (χ2v) is 10.5. The number of halogens is 1. The van der Waals surface area contributed by atoms with Gasteiger partial charge in [0, 0.05) is 17.6 Å². The summed E-state index contributed by atoms with van der Waals surface area (Å²) in [5.74, 6) is -2.08. The fraction of sp³-hybridized carbons (Fsp3) is 0.423. The standard InChI is InChI=1S/C26H28BrN3O6/c1-28-23(32)19-20-25(34)30(18(13-31)14-6-4-3-5-7-14)22(26(20)12-17(27)21(19)36-26)24(33)29-15-8-10-16(35-2)11-9-15/h3-11,17-22,31H,12-13H2,1-2H3,(H,28,32)(H,29,33)/t17?,18-,19+,20+,21+,22?,26?/m1/s1. The van der Waals surface area contributed by atoms with E-state index in [1.165, 1.54) is 11.9 Å². The minimum Gasteiger partial charge on any atom is -0.497 e. The van der Waals surface area contributed by atoms with E-state index in [0.29, 0.717) is 23.4 Å². The van der Waals surface area contributed by atoms with Gasteiger partial charge < -0.3 is 30.1 Å². The number of benzene rings is 2. The molecule has 7 atom stereocenters. The quantitative estimate of drug-likeness (QED) is 0.447. The first-order chi connectivity index (χ1) is 17.4. The molecule has 0 aliphatic carbocycles. The Bertz CT molecular complexity index is 1160. The SMILES string of the molecule is CNC(=O)[C@H]1[C@H]2C(=O)N([C@H](CO)c3ccccc3)C(C(=O)Nc3ccc(OC)cc3)C23CC(Br)[C@@H]1O3. The fourth-order valence-corrected chi connectivity index (χ4v) is 7.03. The van der Waals surface area contributed by atoms with Crippen LogP contribution in [0.5, 0.6) is 5.75 Å². The molecule has 3 amide bonds. The van der Waals surface area contributed by atoms with Gasteiger partial charge in [-0.3, -0.25) is 14.4 Å². The van der Waals surface area contributed by atoms with Crippen LogP contribution in [-0.2, 0) is 19.1 Å². The third kappa shape index (κ3) is 3.70. The summed E-state index contributed by atoms with van der Waals surface area (Å²) in [7, 11) is 3.08. The molecule has 2 bridgehead atoms. The van der Waals surface area contributed by atoms with Gasteiger partial charge in [-0.15, -0.1) is 0 Å². The number of anilines is 1. The van der Waals surface area contributed by atoms with Crippen molar-refractivity contribution >= 4 is 39.3 Å². The van der Waals surface area contributed by atoms with Gasteiger partial charge in [-0.1, -0.05) is 46.3 Å². The van der Waals surface area contributed by atoms with Crippen LogP contribution in [0.25, 0.3) is 0 Å². The van der Waals surface area contributed by atoms with Crippen LogP contribution in [-0.4, -0.2) is 71.1 Å². The van der Waals surface area contributed by atoms with Crippen molar-refractivity contribution < 1.29 is 29.0 Å². The number of aliphatic hydroxyl groups is 1.